The van der Waals surface area contributed by atoms with Gasteiger partial charge >= 0.3 is 0 Å². The number of carbonyl (C=O) groups is 1. The molecule has 0 bridgehead atoms. The molecule has 1 amide bonds. The molecule has 8 nitrogen and oxygen atoms in total. The molecule has 2 aromatic carbocycles. The highest BCUT2D eigenvalue weighted by Gasteiger charge is 2.23. The van der Waals surface area contributed by atoms with Gasteiger partial charge in [-0.25, -0.2) is 8.42 Å². The zero-order valence-corrected chi connectivity index (χ0v) is 16.5. The summed E-state index contributed by atoms with van der Waals surface area (Å²) in [5, 5.41) is 13.4. The number of nitro benzene ring substituents is 1. The van der Waals surface area contributed by atoms with E-state index in [2.05, 4.69) is 5.32 Å². The maximum absolute atomic E-state index is 12.4. The van der Waals surface area contributed by atoms with Crippen molar-refractivity contribution in [2.45, 2.75) is 13.8 Å². The zero-order chi connectivity index (χ0) is 20.4. The van der Waals surface area contributed by atoms with Crippen LogP contribution >= 0.6 is 11.6 Å². The SMILES string of the molecule is Cc1ccc(N(CC(=O)Nc2cc([N+](=O)[O-])ccc2Cl)S(C)(=O)=O)c(C)c1. The number of hydrogen-bond acceptors (Lipinski definition) is 5. The highest BCUT2D eigenvalue weighted by molar-refractivity contribution is 7.92. The average molecular weight is 412 g/mol. The molecule has 1 N–H and O–H groups in total. The van der Waals surface area contributed by atoms with E-state index in [-0.39, 0.29) is 16.4 Å². The minimum Gasteiger partial charge on any atom is -0.323 e. The molecule has 0 fully saturated rings. The number of carbonyl (C=O) groups excluding carboxylic acids is 1. The van der Waals surface area contributed by atoms with E-state index in [1.165, 1.54) is 12.1 Å². The third kappa shape index (κ3) is 5.18. The van der Waals surface area contributed by atoms with E-state index in [1.807, 2.05) is 13.0 Å². The van der Waals surface area contributed by atoms with Gasteiger partial charge in [-0.2, -0.15) is 0 Å². The summed E-state index contributed by atoms with van der Waals surface area (Å²) in [6.45, 7) is 3.12. The Labute approximate surface area is 162 Å². The number of nitrogens with zero attached hydrogens (tertiary/aromatic N) is 2. The summed E-state index contributed by atoms with van der Waals surface area (Å²) in [4.78, 5) is 22.7. The molecule has 0 spiro atoms. The topological polar surface area (TPSA) is 110 Å². The van der Waals surface area contributed by atoms with Gasteiger partial charge < -0.3 is 5.32 Å². The Bertz CT molecular complexity index is 1010. The zero-order valence-electron chi connectivity index (χ0n) is 14.9. The van der Waals surface area contributed by atoms with Gasteiger partial charge in [0.25, 0.3) is 5.69 Å². The van der Waals surface area contributed by atoms with Crippen LogP contribution in [0, 0.1) is 24.0 Å². The van der Waals surface area contributed by atoms with Crippen molar-refractivity contribution < 1.29 is 18.1 Å². The van der Waals surface area contributed by atoms with Crippen molar-refractivity contribution in [1.29, 1.82) is 0 Å². The van der Waals surface area contributed by atoms with E-state index in [9.17, 15) is 23.3 Å². The van der Waals surface area contributed by atoms with Crippen LogP contribution in [0.1, 0.15) is 11.1 Å². The van der Waals surface area contributed by atoms with Gasteiger partial charge in [-0.15, -0.1) is 0 Å². The van der Waals surface area contributed by atoms with Gasteiger partial charge in [0.1, 0.15) is 6.54 Å². The fourth-order valence-corrected chi connectivity index (χ4v) is 3.59. The Kier molecular flexibility index (Phi) is 6.07. The standard InChI is InChI=1S/C17H18ClN3O5S/c1-11-4-7-16(12(2)8-11)20(27(3,25)26)10-17(22)19-15-9-13(21(23)24)5-6-14(15)18/h4-9H,10H2,1-3H3,(H,19,22). The fraction of sp³-hybridized carbons (Fsp3) is 0.235. The van der Waals surface area contributed by atoms with Crippen LogP contribution in [0.15, 0.2) is 36.4 Å². The van der Waals surface area contributed by atoms with Gasteiger partial charge in [0.2, 0.25) is 15.9 Å². The molecule has 144 valence electrons. The monoisotopic (exact) mass is 411 g/mol. The van der Waals surface area contributed by atoms with Crippen LogP contribution in [0.4, 0.5) is 17.1 Å². The number of amides is 1. The normalized spacial score (nSPS) is 11.1. The summed E-state index contributed by atoms with van der Waals surface area (Å²) in [6.07, 6.45) is 1.000. The average Bonchev–Trinajstić information content (AvgIpc) is 2.54. The van der Waals surface area contributed by atoms with Crippen molar-refractivity contribution in [3.63, 3.8) is 0 Å². The molecule has 0 aliphatic rings. The van der Waals surface area contributed by atoms with E-state index in [4.69, 9.17) is 11.6 Å². The van der Waals surface area contributed by atoms with Crippen molar-refractivity contribution >= 4 is 44.6 Å². The molecule has 2 aromatic rings. The number of anilines is 2. The molecular formula is C17H18ClN3O5S. The predicted molar refractivity (Wildman–Crippen MR) is 105 cm³/mol. The van der Waals surface area contributed by atoms with E-state index in [0.717, 1.165) is 22.2 Å². The van der Waals surface area contributed by atoms with E-state index < -0.39 is 27.4 Å². The second-order valence-corrected chi connectivity index (χ2v) is 8.34. The largest absolute Gasteiger partial charge is 0.323 e. The van der Waals surface area contributed by atoms with Gasteiger partial charge in [0.15, 0.2) is 0 Å². The van der Waals surface area contributed by atoms with Crippen molar-refractivity contribution in [2.75, 3.05) is 22.4 Å². The molecule has 0 aromatic heterocycles. The van der Waals surface area contributed by atoms with E-state index in [1.54, 1.807) is 19.1 Å². The van der Waals surface area contributed by atoms with Crippen molar-refractivity contribution in [1.82, 2.24) is 0 Å². The Morgan fingerprint density at radius 2 is 1.89 bits per heavy atom. The molecule has 0 heterocycles. The number of non-ortho nitro benzene ring substituents is 1. The van der Waals surface area contributed by atoms with Crippen LogP contribution in [0.3, 0.4) is 0 Å². The van der Waals surface area contributed by atoms with Gasteiger partial charge in [-0.1, -0.05) is 29.3 Å². The van der Waals surface area contributed by atoms with Crippen LogP contribution in [0.2, 0.25) is 5.02 Å². The summed E-state index contributed by atoms with van der Waals surface area (Å²) >= 11 is 5.96. The molecule has 0 saturated carbocycles. The van der Waals surface area contributed by atoms with Crippen LogP contribution in [-0.4, -0.2) is 32.0 Å². The minimum atomic E-state index is -3.74. The summed E-state index contributed by atoms with van der Waals surface area (Å²) in [6, 6.07) is 8.78. The molecule has 0 atom stereocenters. The lowest BCUT2D eigenvalue weighted by Crippen LogP contribution is -2.37. The summed E-state index contributed by atoms with van der Waals surface area (Å²) in [7, 11) is -3.74. The van der Waals surface area contributed by atoms with Gasteiger partial charge in [0.05, 0.1) is 27.6 Å². The third-order valence-corrected chi connectivity index (χ3v) is 5.20. The molecule has 0 unspecified atom stereocenters. The first kappa shape index (κ1) is 20.7. The number of sulfonamides is 1. The molecule has 0 aliphatic heterocycles. The molecule has 10 heteroatoms. The molecule has 2 rings (SSSR count). The summed E-state index contributed by atoms with van der Waals surface area (Å²) < 4.78 is 25.4. The number of nitro groups is 1. The molecular weight excluding hydrogens is 394 g/mol. The molecule has 0 aliphatic carbocycles. The first-order chi connectivity index (χ1) is 12.5. The van der Waals surface area contributed by atoms with Gasteiger partial charge in [-0.3, -0.25) is 19.2 Å². The Morgan fingerprint density at radius 3 is 2.44 bits per heavy atom. The molecule has 0 radical (unpaired) electrons. The lowest BCUT2D eigenvalue weighted by molar-refractivity contribution is -0.384. The first-order valence-corrected chi connectivity index (χ1v) is 10.0. The number of rotatable bonds is 6. The molecule has 27 heavy (non-hydrogen) atoms. The van der Waals surface area contributed by atoms with Gasteiger partial charge in [0, 0.05) is 12.1 Å². The second-order valence-electron chi connectivity index (χ2n) is 6.03. The predicted octanol–water partition coefficient (Wildman–Crippen LogP) is 3.27. The van der Waals surface area contributed by atoms with Crippen molar-refractivity contribution in [3.8, 4) is 0 Å². The third-order valence-electron chi connectivity index (χ3n) is 3.74. The Balaban J connectivity index is 2.30. The first-order valence-electron chi connectivity index (χ1n) is 7.78. The second kappa shape index (κ2) is 7.93. The van der Waals surface area contributed by atoms with Crippen molar-refractivity contribution in [2.24, 2.45) is 0 Å². The quantitative estimate of drug-likeness (QED) is 0.579. The van der Waals surface area contributed by atoms with E-state index in [0.29, 0.717) is 11.3 Å². The summed E-state index contributed by atoms with van der Waals surface area (Å²) in [5.41, 5.74) is 1.82. The Hall–Kier alpha value is -2.65. The lowest BCUT2D eigenvalue weighted by atomic mass is 10.1. The maximum Gasteiger partial charge on any atom is 0.271 e. The minimum absolute atomic E-state index is 0.0324. The van der Waals surface area contributed by atoms with Gasteiger partial charge in [-0.05, 0) is 31.5 Å². The number of hydrogen-bond donors (Lipinski definition) is 1. The van der Waals surface area contributed by atoms with Crippen molar-refractivity contribution in [3.05, 3.63) is 62.7 Å². The maximum atomic E-state index is 12.4. The van der Waals surface area contributed by atoms with Crippen LogP contribution in [-0.2, 0) is 14.8 Å². The number of aryl methyl sites for hydroxylation is 2. The number of halogens is 1. The van der Waals surface area contributed by atoms with Crippen LogP contribution in [0.25, 0.3) is 0 Å². The van der Waals surface area contributed by atoms with Crippen LogP contribution in [0.5, 0.6) is 0 Å². The highest BCUT2D eigenvalue weighted by atomic mass is 35.5. The number of benzene rings is 2. The number of nitrogens with one attached hydrogen (secondary N) is 1. The molecule has 0 saturated heterocycles. The lowest BCUT2D eigenvalue weighted by Gasteiger charge is -2.24. The van der Waals surface area contributed by atoms with E-state index >= 15 is 0 Å². The smallest absolute Gasteiger partial charge is 0.271 e. The summed E-state index contributed by atoms with van der Waals surface area (Å²) in [5.74, 6) is -0.678. The Morgan fingerprint density at radius 1 is 1.22 bits per heavy atom. The van der Waals surface area contributed by atoms with Crippen LogP contribution < -0.4 is 9.62 Å². The fourth-order valence-electron chi connectivity index (χ4n) is 2.51. The highest BCUT2D eigenvalue weighted by Crippen LogP contribution is 2.27.